The van der Waals surface area contributed by atoms with Gasteiger partial charge in [-0.25, -0.2) is 9.59 Å². The van der Waals surface area contributed by atoms with Gasteiger partial charge in [-0.1, -0.05) is 0 Å². The highest BCUT2D eigenvalue weighted by Gasteiger charge is 2.43. The third-order valence-corrected chi connectivity index (χ3v) is 3.84. The number of carbonyl (C=O) groups excluding carboxylic acids is 7. The summed E-state index contributed by atoms with van der Waals surface area (Å²) in [5.74, 6) is -2.43. The number of carboxylic acids is 1. The number of nitrogens with one attached hydrogen (secondary N) is 4. The van der Waals surface area contributed by atoms with E-state index in [0.717, 1.165) is 0 Å². The van der Waals surface area contributed by atoms with E-state index in [1.807, 2.05) is 5.32 Å². The highest BCUT2D eigenvalue weighted by molar-refractivity contribution is 6.09. The van der Waals surface area contributed by atoms with Crippen LogP contribution in [0.3, 0.4) is 0 Å². The van der Waals surface area contributed by atoms with Crippen molar-refractivity contribution in [1.82, 2.24) is 21.3 Å². The van der Waals surface area contributed by atoms with E-state index in [4.69, 9.17) is 5.11 Å². The van der Waals surface area contributed by atoms with Crippen molar-refractivity contribution in [3.05, 3.63) is 0 Å². The lowest BCUT2D eigenvalue weighted by molar-refractivity contribution is -0.141. The maximum atomic E-state index is 11.1. The van der Waals surface area contributed by atoms with Crippen molar-refractivity contribution in [1.29, 1.82) is 0 Å². The number of imide groups is 2. The summed E-state index contributed by atoms with van der Waals surface area (Å²) in [6.45, 7) is 7.07. The minimum Gasteiger partial charge on any atom is -0.481 e. The van der Waals surface area contributed by atoms with E-state index in [-0.39, 0.29) is 30.2 Å². The van der Waals surface area contributed by atoms with E-state index in [1.165, 1.54) is 34.6 Å². The molecule has 2 saturated heterocycles. The molecular formula is C18H26N4O9. The number of Topliss-reactive ketones (excluding diaryl/α,β-unsaturated/α-hetero) is 3. The van der Waals surface area contributed by atoms with Crippen LogP contribution in [0.15, 0.2) is 0 Å². The van der Waals surface area contributed by atoms with E-state index < -0.39 is 47.3 Å². The van der Waals surface area contributed by atoms with E-state index in [0.29, 0.717) is 0 Å². The van der Waals surface area contributed by atoms with E-state index in [2.05, 4.69) is 16.0 Å². The number of amides is 6. The molecule has 6 amide bonds. The first-order valence-electron chi connectivity index (χ1n) is 8.98. The monoisotopic (exact) mass is 442 g/mol. The van der Waals surface area contributed by atoms with E-state index >= 15 is 0 Å². The zero-order valence-electron chi connectivity index (χ0n) is 17.8. The second-order valence-electron chi connectivity index (χ2n) is 7.51. The lowest BCUT2D eigenvalue weighted by Crippen LogP contribution is -2.45. The van der Waals surface area contributed by atoms with Crippen molar-refractivity contribution in [3.63, 3.8) is 0 Å². The van der Waals surface area contributed by atoms with Crippen molar-refractivity contribution in [2.45, 2.75) is 65.0 Å². The van der Waals surface area contributed by atoms with Crippen LogP contribution in [-0.2, 0) is 28.8 Å². The predicted octanol–water partition coefficient (Wildman–Crippen LogP) is -0.823. The largest absolute Gasteiger partial charge is 0.481 e. The molecule has 2 aliphatic heterocycles. The van der Waals surface area contributed by atoms with Gasteiger partial charge in [-0.15, -0.1) is 0 Å². The Kier molecular flexibility index (Phi) is 9.66. The first-order chi connectivity index (χ1) is 14.0. The van der Waals surface area contributed by atoms with Crippen LogP contribution in [0, 0.1) is 0 Å². The molecule has 172 valence electrons. The molecule has 2 unspecified atom stereocenters. The molecule has 0 saturated carbocycles. The minimum absolute atomic E-state index is 0.0323. The molecular weight excluding hydrogens is 416 g/mol. The third kappa shape index (κ3) is 9.60. The van der Waals surface area contributed by atoms with Crippen LogP contribution in [-0.4, -0.2) is 63.4 Å². The molecule has 2 atom stereocenters. The first-order valence-corrected chi connectivity index (χ1v) is 8.98. The summed E-state index contributed by atoms with van der Waals surface area (Å²) in [5.41, 5.74) is -2.36. The van der Waals surface area contributed by atoms with Gasteiger partial charge in [-0.3, -0.25) is 39.4 Å². The molecule has 0 bridgehead atoms. The smallest absolute Gasteiger partial charge is 0.322 e. The van der Waals surface area contributed by atoms with Gasteiger partial charge in [0.1, 0.15) is 28.4 Å². The normalized spacial score (nSPS) is 23.6. The number of aliphatic carboxylic acids is 1. The van der Waals surface area contributed by atoms with E-state index in [1.54, 1.807) is 0 Å². The van der Waals surface area contributed by atoms with Crippen LogP contribution in [0.5, 0.6) is 0 Å². The van der Waals surface area contributed by atoms with Crippen LogP contribution >= 0.6 is 0 Å². The molecule has 2 heterocycles. The van der Waals surface area contributed by atoms with Gasteiger partial charge in [0.2, 0.25) is 0 Å². The van der Waals surface area contributed by atoms with Gasteiger partial charge in [0.15, 0.2) is 0 Å². The molecule has 2 aliphatic rings. The summed E-state index contributed by atoms with van der Waals surface area (Å²) >= 11 is 0. The van der Waals surface area contributed by atoms with Crippen LogP contribution in [0.1, 0.15) is 53.9 Å². The van der Waals surface area contributed by atoms with Gasteiger partial charge in [-0.2, -0.15) is 0 Å². The lowest BCUT2D eigenvalue weighted by atomic mass is 9.96. The molecule has 0 aromatic heterocycles. The molecule has 0 aliphatic carbocycles. The molecule has 2 rings (SSSR count). The summed E-state index contributed by atoms with van der Waals surface area (Å²) in [5, 5.41) is 17.1. The number of hydrogen-bond donors (Lipinski definition) is 5. The fraction of sp³-hybridized carbons (Fsp3) is 0.556. The number of carbonyl (C=O) groups is 8. The number of carboxylic acid groups (broad SMARTS) is 1. The molecule has 0 aromatic rings. The minimum atomic E-state index is -1.30. The summed E-state index contributed by atoms with van der Waals surface area (Å²) in [7, 11) is 0. The van der Waals surface area contributed by atoms with Crippen molar-refractivity contribution < 1.29 is 43.5 Å². The fourth-order valence-corrected chi connectivity index (χ4v) is 2.56. The zero-order valence-corrected chi connectivity index (χ0v) is 17.8. The Morgan fingerprint density at radius 2 is 1.06 bits per heavy atom. The highest BCUT2D eigenvalue weighted by Crippen LogP contribution is 2.14. The fourth-order valence-electron chi connectivity index (χ4n) is 2.56. The first kappa shape index (κ1) is 27.4. The standard InChI is InChI=1S/C7H10N2O3.C6H8N2O4.C5H8O2/c1-4(10)3-7(2)5(11)8-6(12)9-7;1-6(2-3(9)10)4(11)7-5(12)8-6;1-4(6)3-5(2)7/h3H2,1-2H3,(H2,8,9,11,12);2H2,1H3,(H,9,10)(H2,7,8,11,12);3H2,1-2H3. The van der Waals surface area contributed by atoms with Gasteiger partial charge < -0.3 is 15.7 Å². The molecule has 31 heavy (non-hydrogen) atoms. The second kappa shape index (κ2) is 10.9. The topological polar surface area (TPSA) is 205 Å². The number of hydrogen-bond acceptors (Lipinski definition) is 8. The lowest BCUT2D eigenvalue weighted by Gasteiger charge is -2.17. The Labute approximate surface area is 177 Å². The van der Waals surface area contributed by atoms with Crippen LogP contribution in [0.2, 0.25) is 0 Å². The molecule has 0 aromatic carbocycles. The zero-order chi connectivity index (χ0) is 24.6. The number of urea groups is 2. The molecule has 2 fully saturated rings. The molecule has 13 nitrogen and oxygen atoms in total. The summed E-state index contributed by atoms with van der Waals surface area (Å²) in [6, 6.07) is -1.19. The van der Waals surface area contributed by atoms with Crippen molar-refractivity contribution in [3.8, 4) is 0 Å². The molecule has 0 spiro atoms. The Morgan fingerprint density at radius 3 is 1.26 bits per heavy atom. The third-order valence-electron chi connectivity index (χ3n) is 3.84. The van der Waals surface area contributed by atoms with Gasteiger partial charge in [0, 0.05) is 6.42 Å². The maximum absolute atomic E-state index is 11.1. The van der Waals surface area contributed by atoms with Gasteiger partial charge in [-0.05, 0) is 34.6 Å². The SMILES string of the molecule is CC(=O)CC(C)=O.CC(=O)CC1(C)NC(=O)NC1=O.CC1(CC(=O)O)NC(=O)NC1=O. The quantitative estimate of drug-likeness (QED) is 0.257. The van der Waals surface area contributed by atoms with Gasteiger partial charge in [0.05, 0.1) is 12.8 Å². The number of rotatable bonds is 6. The van der Waals surface area contributed by atoms with Crippen LogP contribution < -0.4 is 21.3 Å². The van der Waals surface area contributed by atoms with E-state index in [9.17, 15) is 38.4 Å². The Balaban J connectivity index is 0.000000454. The Hall–Kier alpha value is -3.64. The average molecular weight is 442 g/mol. The van der Waals surface area contributed by atoms with Crippen LogP contribution in [0.4, 0.5) is 9.59 Å². The Morgan fingerprint density at radius 1 is 0.710 bits per heavy atom. The summed E-state index contributed by atoms with van der Waals surface area (Å²) < 4.78 is 0. The Bertz CT molecular complexity index is 757. The van der Waals surface area contributed by atoms with Gasteiger partial charge >= 0.3 is 18.0 Å². The number of ketones is 3. The van der Waals surface area contributed by atoms with Gasteiger partial charge in [0.25, 0.3) is 11.8 Å². The van der Waals surface area contributed by atoms with Crippen molar-refractivity contribution in [2.75, 3.05) is 0 Å². The van der Waals surface area contributed by atoms with Crippen molar-refractivity contribution in [2.24, 2.45) is 0 Å². The van der Waals surface area contributed by atoms with Crippen LogP contribution in [0.25, 0.3) is 0 Å². The molecule has 13 heteroatoms. The predicted molar refractivity (Wildman–Crippen MR) is 104 cm³/mol. The highest BCUT2D eigenvalue weighted by atomic mass is 16.4. The second-order valence-corrected chi connectivity index (χ2v) is 7.51. The molecule has 0 radical (unpaired) electrons. The van der Waals surface area contributed by atoms with Crippen molar-refractivity contribution >= 4 is 47.2 Å². The summed E-state index contributed by atoms with van der Waals surface area (Å²) in [4.78, 5) is 84.5. The molecule has 5 N–H and O–H groups in total. The maximum Gasteiger partial charge on any atom is 0.322 e. The average Bonchev–Trinajstić information content (AvgIpc) is 2.90. The summed E-state index contributed by atoms with van der Waals surface area (Å²) in [6.07, 6.45) is -0.296.